The van der Waals surface area contributed by atoms with Gasteiger partial charge in [-0.2, -0.15) is 13.1 Å². The Labute approximate surface area is 94.0 Å². The van der Waals surface area contributed by atoms with Gasteiger partial charge in [0.15, 0.2) is 5.15 Å². The maximum absolute atomic E-state index is 11.4. The Bertz CT molecular complexity index is 427. The normalized spacial score (nSPS) is 11.4. The molecule has 0 unspecified atom stereocenters. The lowest BCUT2D eigenvalue weighted by atomic mass is 10.3. The van der Waals surface area contributed by atoms with Crippen LogP contribution in [0.15, 0.2) is 12.3 Å². The van der Waals surface area contributed by atoms with E-state index in [1.165, 1.54) is 6.20 Å². The molecule has 1 heterocycles. The lowest BCUT2D eigenvalue weighted by Crippen LogP contribution is -2.30. The van der Waals surface area contributed by atoms with Gasteiger partial charge in [0.05, 0.1) is 5.69 Å². The molecular weight excluding hydrogens is 238 g/mol. The van der Waals surface area contributed by atoms with Crippen LogP contribution in [0.1, 0.15) is 12.5 Å². The first-order valence-corrected chi connectivity index (χ1v) is 6.21. The van der Waals surface area contributed by atoms with Gasteiger partial charge < -0.3 is 0 Å². The number of aromatic nitrogens is 1. The van der Waals surface area contributed by atoms with Gasteiger partial charge >= 0.3 is 0 Å². The molecule has 0 atom stereocenters. The second-order valence-corrected chi connectivity index (χ2v) is 4.75. The first-order chi connectivity index (χ1) is 6.96. The van der Waals surface area contributed by atoms with Crippen molar-refractivity contribution in [1.29, 1.82) is 0 Å². The van der Waals surface area contributed by atoms with Crippen molar-refractivity contribution >= 4 is 27.5 Å². The van der Waals surface area contributed by atoms with E-state index in [1.807, 2.05) is 0 Å². The fraction of sp³-hybridized carbons (Fsp3) is 0.375. The molecule has 0 spiro atoms. The molecule has 0 bridgehead atoms. The van der Waals surface area contributed by atoms with Crippen molar-refractivity contribution in [2.75, 3.05) is 11.3 Å². The molecular formula is C8H12ClN3O2S. The van der Waals surface area contributed by atoms with Gasteiger partial charge in [-0.3, -0.25) is 4.72 Å². The number of hydrogen-bond acceptors (Lipinski definition) is 3. The van der Waals surface area contributed by atoms with E-state index in [4.69, 9.17) is 11.6 Å². The van der Waals surface area contributed by atoms with E-state index in [2.05, 4.69) is 14.4 Å². The highest BCUT2D eigenvalue weighted by atomic mass is 35.5. The van der Waals surface area contributed by atoms with Crippen LogP contribution < -0.4 is 9.44 Å². The molecule has 2 N–H and O–H groups in total. The Morgan fingerprint density at radius 2 is 2.20 bits per heavy atom. The average molecular weight is 250 g/mol. The minimum absolute atomic E-state index is 0.136. The third-order valence-electron chi connectivity index (χ3n) is 1.68. The van der Waals surface area contributed by atoms with E-state index in [1.54, 1.807) is 19.9 Å². The molecule has 1 aromatic heterocycles. The van der Waals surface area contributed by atoms with Crippen LogP contribution >= 0.6 is 11.6 Å². The summed E-state index contributed by atoms with van der Waals surface area (Å²) >= 11 is 5.77. The van der Waals surface area contributed by atoms with E-state index < -0.39 is 10.2 Å². The van der Waals surface area contributed by atoms with E-state index >= 15 is 0 Å². The van der Waals surface area contributed by atoms with E-state index in [-0.39, 0.29) is 5.15 Å². The summed E-state index contributed by atoms with van der Waals surface area (Å²) in [5, 5.41) is 0.136. The average Bonchev–Trinajstić information content (AvgIpc) is 2.11. The Morgan fingerprint density at radius 1 is 1.53 bits per heavy atom. The lowest BCUT2D eigenvalue weighted by molar-refractivity contribution is 0.589. The van der Waals surface area contributed by atoms with E-state index in [9.17, 15) is 8.42 Å². The smallest absolute Gasteiger partial charge is 0.268 e. The largest absolute Gasteiger partial charge is 0.299 e. The van der Waals surface area contributed by atoms with Crippen molar-refractivity contribution < 1.29 is 8.42 Å². The van der Waals surface area contributed by atoms with Crippen molar-refractivity contribution in [2.24, 2.45) is 0 Å². The van der Waals surface area contributed by atoms with Gasteiger partial charge in [-0.05, 0) is 18.6 Å². The minimum Gasteiger partial charge on any atom is -0.268 e. The molecule has 0 radical (unpaired) electrons. The van der Waals surface area contributed by atoms with Crippen molar-refractivity contribution in [3.05, 3.63) is 23.0 Å². The van der Waals surface area contributed by atoms with Gasteiger partial charge in [0.2, 0.25) is 0 Å². The van der Waals surface area contributed by atoms with E-state index in [0.717, 1.165) is 5.56 Å². The summed E-state index contributed by atoms with van der Waals surface area (Å²) in [6, 6.07) is 1.68. The summed E-state index contributed by atoms with van der Waals surface area (Å²) in [7, 11) is -3.55. The summed E-state index contributed by atoms with van der Waals surface area (Å²) in [6.45, 7) is 3.75. The third kappa shape index (κ3) is 3.33. The van der Waals surface area contributed by atoms with Crippen LogP contribution in [0.3, 0.4) is 0 Å². The molecule has 1 aromatic rings. The number of nitrogens with one attached hydrogen (secondary N) is 2. The maximum atomic E-state index is 11.4. The Kier molecular flexibility index (Phi) is 3.90. The Balaban J connectivity index is 2.99. The standard InChI is InChI=1S/C8H12ClN3O2S/c1-3-11-15(13,14)12-7-6(2)4-5-10-8(7)9/h4-5,11-12H,3H2,1-2H3. The first-order valence-electron chi connectivity index (χ1n) is 4.35. The summed E-state index contributed by atoms with van der Waals surface area (Å²) in [5.41, 5.74) is 1.02. The van der Waals surface area contributed by atoms with E-state index in [0.29, 0.717) is 12.2 Å². The molecule has 0 aliphatic carbocycles. The molecule has 84 valence electrons. The van der Waals surface area contributed by atoms with Crippen LogP contribution in [0.4, 0.5) is 5.69 Å². The van der Waals surface area contributed by atoms with Crippen LogP contribution in [0.25, 0.3) is 0 Å². The highest BCUT2D eigenvalue weighted by molar-refractivity contribution is 7.90. The number of nitrogens with zero attached hydrogens (tertiary/aromatic N) is 1. The molecule has 0 aliphatic rings. The zero-order valence-corrected chi connectivity index (χ0v) is 9.98. The minimum atomic E-state index is -3.55. The molecule has 7 heteroatoms. The molecule has 0 aliphatic heterocycles. The number of pyridine rings is 1. The van der Waals surface area contributed by atoms with Gasteiger partial charge in [0, 0.05) is 12.7 Å². The quantitative estimate of drug-likeness (QED) is 0.791. The molecule has 0 saturated carbocycles. The van der Waals surface area contributed by atoms with Gasteiger partial charge in [0.1, 0.15) is 0 Å². The van der Waals surface area contributed by atoms with Gasteiger partial charge in [-0.1, -0.05) is 18.5 Å². The number of aryl methyl sites for hydroxylation is 1. The van der Waals surface area contributed by atoms with Gasteiger partial charge in [-0.15, -0.1) is 0 Å². The molecule has 1 rings (SSSR count). The fourth-order valence-electron chi connectivity index (χ4n) is 1.01. The van der Waals surface area contributed by atoms with Crippen molar-refractivity contribution in [3.8, 4) is 0 Å². The molecule has 15 heavy (non-hydrogen) atoms. The monoisotopic (exact) mass is 249 g/mol. The van der Waals surface area contributed by atoms with Crippen LogP contribution in [0.5, 0.6) is 0 Å². The second kappa shape index (κ2) is 4.78. The highest BCUT2D eigenvalue weighted by Crippen LogP contribution is 2.23. The SMILES string of the molecule is CCNS(=O)(=O)Nc1c(C)ccnc1Cl. The Morgan fingerprint density at radius 3 is 2.73 bits per heavy atom. The summed E-state index contributed by atoms with van der Waals surface area (Å²) in [6.07, 6.45) is 1.52. The Hall–Kier alpha value is -0.850. The molecule has 0 amide bonds. The number of rotatable bonds is 4. The van der Waals surface area contributed by atoms with Crippen LogP contribution in [-0.4, -0.2) is 19.9 Å². The number of anilines is 1. The maximum Gasteiger partial charge on any atom is 0.299 e. The zero-order chi connectivity index (χ0) is 11.5. The zero-order valence-electron chi connectivity index (χ0n) is 8.41. The first kappa shape index (κ1) is 12.2. The van der Waals surface area contributed by atoms with Crippen molar-refractivity contribution in [3.63, 3.8) is 0 Å². The summed E-state index contributed by atoms with van der Waals surface area (Å²) in [4.78, 5) is 3.79. The van der Waals surface area contributed by atoms with Crippen LogP contribution in [0.2, 0.25) is 5.15 Å². The summed E-state index contributed by atoms with van der Waals surface area (Å²) in [5.74, 6) is 0. The highest BCUT2D eigenvalue weighted by Gasteiger charge is 2.12. The predicted octanol–water partition coefficient (Wildman–Crippen LogP) is 1.31. The van der Waals surface area contributed by atoms with Crippen LogP contribution in [0, 0.1) is 6.92 Å². The third-order valence-corrected chi connectivity index (χ3v) is 3.11. The van der Waals surface area contributed by atoms with Crippen molar-refractivity contribution in [2.45, 2.75) is 13.8 Å². The number of halogens is 1. The second-order valence-electron chi connectivity index (χ2n) is 2.90. The lowest BCUT2D eigenvalue weighted by Gasteiger charge is -2.10. The topological polar surface area (TPSA) is 71.1 Å². The van der Waals surface area contributed by atoms with Crippen LogP contribution in [-0.2, 0) is 10.2 Å². The van der Waals surface area contributed by atoms with Gasteiger partial charge in [-0.25, -0.2) is 4.98 Å². The number of hydrogen-bond donors (Lipinski definition) is 2. The molecule has 0 saturated heterocycles. The van der Waals surface area contributed by atoms with Crippen molar-refractivity contribution in [1.82, 2.24) is 9.71 Å². The van der Waals surface area contributed by atoms with Gasteiger partial charge in [0.25, 0.3) is 10.2 Å². The summed E-state index contributed by atoms with van der Waals surface area (Å²) < 4.78 is 27.4. The molecule has 5 nitrogen and oxygen atoms in total. The fourth-order valence-corrected chi connectivity index (χ4v) is 2.30. The molecule has 0 fully saturated rings. The predicted molar refractivity (Wildman–Crippen MR) is 60.2 cm³/mol. The molecule has 0 aromatic carbocycles.